The number of aromatic nitrogens is 2. The normalized spacial score (nSPS) is 14.3. The lowest BCUT2D eigenvalue weighted by Gasteiger charge is -2.15. The van der Waals surface area contributed by atoms with E-state index in [1.54, 1.807) is 6.20 Å². The summed E-state index contributed by atoms with van der Waals surface area (Å²) in [4.78, 5) is 9.01. The summed E-state index contributed by atoms with van der Waals surface area (Å²) in [7, 11) is 0. The van der Waals surface area contributed by atoms with E-state index in [9.17, 15) is 4.39 Å². The van der Waals surface area contributed by atoms with Crippen LogP contribution in [-0.4, -0.2) is 28.0 Å². The molecule has 0 amide bonds. The molecule has 0 aliphatic carbocycles. The maximum Gasteiger partial charge on any atom is 0.144 e. The van der Waals surface area contributed by atoms with E-state index in [2.05, 4.69) is 39.1 Å². The molecular weight excluding hydrogens is 365 g/mol. The van der Waals surface area contributed by atoms with E-state index in [-0.39, 0.29) is 0 Å². The number of halogens is 1. The van der Waals surface area contributed by atoms with Gasteiger partial charge in [0.15, 0.2) is 0 Å². The van der Waals surface area contributed by atoms with Crippen LogP contribution in [0.5, 0.6) is 0 Å². The molecule has 0 fully saturated rings. The van der Waals surface area contributed by atoms with Gasteiger partial charge in [-0.25, -0.2) is 9.37 Å². The number of aryl methyl sites for hydroxylation is 1. The van der Waals surface area contributed by atoms with E-state index in [1.807, 2.05) is 38.5 Å². The lowest BCUT2D eigenvalue weighted by molar-refractivity contribution is 0.296. The molecule has 1 aliphatic heterocycles. The lowest BCUT2D eigenvalue weighted by atomic mass is 10.1. The SMILES string of the molecule is C=CNCCC(F)CCc1cnc2c(ccn2C2=CN=C(C(=C)N)CC2)c1.CC. The molecule has 2 aromatic heterocycles. The van der Waals surface area contributed by atoms with Crippen molar-refractivity contribution in [1.82, 2.24) is 14.9 Å². The Balaban J connectivity index is 0.00000145. The Kier molecular flexibility index (Phi) is 8.65. The average molecular weight is 398 g/mol. The van der Waals surface area contributed by atoms with Gasteiger partial charge in [-0.2, -0.15) is 0 Å². The third kappa shape index (κ3) is 6.04. The minimum absolute atomic E-state index is 0.490. The molecule has 3 N–H and O–H groups in total. The highest BCUT2D eigenvalue weighted by molar-refractivity contribution is 6.01. The summed E-state index contributed by atoms with van der Waals surface area (Å²) in [5, 5.41) is 3.98. The predicted octanol–water partition coefficient (Wildman–Crippen LogP) is 4.96. The van der Waals surface area contributed by atoms with Crippen LogP contribution < -0.4 is 11.1 Å². The topological polar surface area (TPSA) is 68.2 Å². The molecule has 1 aliphatic rings. The Bertz CT molecular complexity index is 894. The van der Waals surface area contributed by atoms with Crippen LogP contribution >= 0.6 is 0 Å². The fraction of sp³-hybridized carbons (Fsp3) is 0.391. The number of rotatable bonds is 9. The van der Waals surface area contributed by atoms with Crippen molar-refractivity contribution in [2.45, 2.75) is 52.1 Å². The molecule has 29 heavy (non-hydrogen) atoms. The Morgan fingerprint density at radius 3 is 2.83 bits per heavy atom. The number of nitrogens with zero attached hydrogens (tertiary/aromatic N) is 3. The number of aliphatic imine (C=N–C) groups is 1. The molecule has 0 aromatic carbocycles. The fourth-order valence-corrected chi connectivity index (χ4v) is 3.20. The van der Waals surface area contributed by atoms with E-state index >= 15 is 0 Å². The molecule has 0 bridgehead atoms. The van der Waals surface area contributed by atoms with Crippen molar-refractivity contribution in [2.24, 2.45) is 10.7 Å². The first-order valence-electron chi connectivity index (χ1n) is 10.2. The van der Waals surface area contributed by atoms with Crippen molar-refractivity contribution >= 4 is 22.4 Å². The highest BCUT2D eigenvalue weighted by Gasteiger charge is 2.14. The number of hydrogen-bond donors (Lipinski definition) is 2. The van der Waals surface area contributed by atoms with Crippen molar-refractivity contribution < 1.29 is 4.39 Å². The summed E-state index contributed by atoms with van der Waals surface area (Å²) in [6, 6.07) is 4.13. The van der Waals surface area contributed by atoms with E-state index in [4.69, 9.17) is 5.73 Å². The second kappa shape index (κ2) is 11.2. The zero-order valence-corrected chi connectivity index (χ0v) is 17.5. The molecular formula is C23H32FN5. The number of hydrogen-bond acceptors (Lipinski definition) is 4. The van der Waals surface area contributed by atoms with Crippen LogP contribution in [0.25, 0.3) is 16.7 Å². The minimum atomic E-state index is -0.825. The molecule has 5 nitrogen and oxygen atoms in total. The second-order valence-corrected chi connectivity index (χ2v) is 6.75. The summed E-state index contributed by atoms with van der Waals surface area (Å²) >= 11 is 0. The van der Waals surface area contributed by atoms with Gasteiger partial charge in [-0.05, 0) is 56.0 Å². The molecule has 3 rings (SSSR count). The largest absolute Gasteiger partial charge is 0.398 e. The molecule has 3 heterocycles. The van der Waals surface area contributed by atoms with Gasteiger partial charge in [0.2, 0.25) is 0 Å². The van der Waals surface area contributed by atoms with Gasteiger partial charge in [-0.15, -0.1) is 0 Å². The van der Waals surface area contributed by atoms with Crippen LogP contribution in [-0.2, 0) is 6.42 Å². The average Bonchev–Trinajstić information content (AvgIpc) is 3.17. The van der Waals surface area contributed by atoms with Crippen molar-refractivity contribution in [3.8, 4) is 0 Å². The van der Waals surface area contributed by atoms with Crippen LogP contribution in [0.15, 0.2) is 60.8 Å². The molecule has 0 spiro atoms. The van der Waals surface area contributed by atoms with Crippen LogP contribution in [0.4, 0.5) is 4.39 Å². The highest BCUT2D eigenvalue weighted by Crippen LogP contribution is 2.25. The van der Waals surface area contributed by atoms with E-state index < -0.39 is 6.17 Å². The molecule has 0 radical (unpaired) electrons. The van der Waals surface area contributed by atoms with E-state index in [0.29, 0.717) is 31.5 Å². The van der Waals surface area contributed by atoms with Crippen LogP contribution in [0, 0.1) is 0 Å². The quantitative estimate of drug-likeness (QED) is 0.588. The summed E-state index contributed by atoms with van der Waals surface area (Å²) in [5.74, 6) is 0. The Morgan fingerprint density at radius 2 is 2.17 bits per heavy atom. The number of nitrogens with two attached hydrogens (primary N) is 1. The number of pyridine rings is 1. The van der Waals surface area contributed by atoms with Gasteiger partial charge in [0.25, 0.3) is 0 Å². The Morgan fingerprint density at radius 1 is 1.38 bits per heavy atom. The number of alkyl halides is 1. The summed E-state index contributed by atoms with van der Waals surface area (Å²) < 4.78 is 16.0. The van der Waals surface area contributed by atoms with Crippen LogP contribution in [0.1, 0.15) is 45.1 Å². The van der Waals surface area contributed by atoms with E-state index in [1.165, 1.54) is 0 Å². The van der Waals surface area contributed by atoms with Crippen LogP contribution in [0.3, 0.4) is 0 Å². The fourth-order valence-electron chi connectivity index (χ4n) is 3.20. The van der Waals surface area contributed by atoms with E-state index in [0.717, 1.165) is 40.8 Å². The summed E-state index contributed by atoms with van der Waals surface area (Å²) in [6.07, 6.45) is 9.72. The molecule has 2 aromatic rings. The Hall–Kier alpha value is -2.89. The standard InChI is InChI=1S/C21H26FN5.C2H6/c1-3-24-10-8-18(22)5-4-16-12-17-9-11-27(21(17)26-13-16)19-6-7-20(15(2)23)25-14-19;1-2/h3,9,11-14,18,24H,1-2,4-8,10,23H2;1-2H3. The van der Waals surface area contributed by atoms with Crippen molar-refractivity contribution in [2.75, 3.05) is 6.54 Å². The third-order valence-electron chi connectivity index (χ3n) is 4.74. The van der Waals surface area contributed by atoms with Crippen molar-refractivity contribution in [3.63, 3.8) is 0 Å². The number of allylic oxidation sites excluding steroid dienone is 2. The van der Waals surface area contributed by atoms with Gasteiger partial charge >= 0.3 is 0 Å². The first kappa shape index (κ1) is 22.4. The minimum Gasteiger partial charge on any atom is -0.398 e. The van der Waals surface area contributed by atoms with Gasteiger partial charge < -0.3 is 15.6 Å². The van der Waals surface area contributed by atoms with Crippen LogP contribution in [0.2, 0.25) is 0 Å². The summed E-state index contributed by atoms with van der Waals surface area (Å²) in [5.41, 5.74) is 10.1. The molecule has 0 saturated carbocycles. The molecule has 1 atom stereocenters. The zero-order chi connectivity index (χ0) is 21.2. The predicted molar refractivity (Wildman–Crippen MR) is 121 cm³/mol. The van der Waals surface area contributed by atoms with Gasteiger partial charge in [0.05, 0.1) is 5.71 Å². The molecule has 0 saturated heterocycles. The first-order chi connectivity index (χ1) is 14.1. The molecule has 1 unspecified atom stereocenters. The van der Waals surface area contributed by atoms with Gasteiger partial charge in [0, 0.05) is 41.9 Å². The zero-order valence-electron chi connectivity index (χ0n) is 17.5. The second-order valence-electron chi connectivity index (χ2n) is 6.75. The first-order valence-corrected chi connectivity index (χ1v) is 10.2. The monoisotopic (exact) mass is 397 g/mol. The van der Waals surface area contributed by atoms with Gasteiger partial charge in [-0.3, -0.25) is 4.99 Å². The maximum absolute atomic E-state index is 13.9. The smallest absolute Gasteiger partial charge is 0.144 e. The number of nitrogens with one attached hydrogen (secondary N) is 1. The van der Waals surface area contributed by atoms with Crippen molar-refractivity contribution in [3.05, 3.63) is 61.3 Å². The Labute approximate surface area is 172 Å². The van der Waals surface area contributed by atoms with Gasteiger partial charge in [-0.1, -0.05) is 27.0 Å². The lowest BCUT2D eigenvalue weighted by Crippen LogP contribution is -2.13. The molecule has 6 heteroatoms. The van der Waals surface area contributed by atoms with Gasteiger partial charge in [0.1, 0.15) is 11.8 Å². The summed E-state index contributed by atoms with van der Waals surface area (Å²) in [6.45, 7) is 11.9. The maximum atomic E-state index is 13.9. The third-order valence-corrected chi connectivity index (χ3v) is 4.74. The highest BCUT2D eigenvalue weighted by atomic mass is 19.1. The molecule has 156 valence electrons. The number of fused-ring (bicyclic) bond motifs is 1. The van der Waals surface area contributed by atoms with Crippen molar-refractivity contribution in [1.29, 1.82) is 0 Å².